The van der Waals surface area contributed by atoms with Gasteiger partial charge in [0, 0.05) is 26.4 Å². The molecule has 1 aliphatic heterocycles. The lowest BCUT2D eigenvalue weighted by molar-refractivity contribution is -0.138. The second kappa shape index (κ2) is 9.75. The van der Waals surface area contributed by atoms with Crippen molar-refractivity contribution in [1.29, 1.82) is 5.26 Å². The average molecular weight is 507 g/mol. The highest BCUT2D eigenvalue weighted by molar-refractivity contribution is 5.87. The normalized spacial score (nSPS) is 18.4. The van der Waals surface area contributed by atoms with E-state index in [1.807, 2.05) is 36.4 Å². The van der Waals surface area contributed by atoms with Gasteiger partial charge in [-0.3, -0.25) is 9.36 Å². The van der Waals surface area contributed by atoms with Crippen molar-refractivity contribution in [3.8, 4) is 17.2 Å². The number of rotatable bonds is 5. The van der Waals surface area contributed by atoms with E-state index in [1.165, 1.54) is 9.47 Å². The number of hydrogen-bond donors (Lipinski definition) is 2. The van der Waals surface area contributed by atoms with Crippen molar-refractivity contribution in [2.24, 2.45) is 7.05 Å². The van der Waals surface area contributed by atoms with Gasteiger partial charge in [0.15, 0.2) is 11.2 Å². The summed E-state index contributed by atoms with van der Waals surface area (Å²) in [4.78, 5) is 38.2. The molecule has 0 spiro atoms. The second-order valence-corrected chi connectivity index (χ2v) is 10.3. The van der Waals surface area contributed by atoms with Crippen LogP contribution >= 0.6 is 0 Å². The van der Waals surface area contributed by atoms with Crippen LogP contribution in [0.15, 0.2) is 51.7 Å². The standard InChI is InChI=1S/C27H30N4O6/c1-26(2,3)37-25(34)31-12-11-27(35,16-31)23(32)29-20(15-28)13-17-5-7-18(8-6-17)19-9-10-22-21(14-19)30(4)24(33)36-22/h5-10,14,20,35H,11-13,16H2,1-4H3,(H,29,32)/t20-,27?/m0/s1. The maximum atomic E-state index is 12.8. The number of hydrogen-bond acceptors (Lipinski definition) is 7. The van der Waals surface area contributed by atoms with E-state index in [-0.39, 0.29) is 25.9 Å². The van der Waals surface area contributed by atoms with E-state index >= 15 is 0 Å². The zero-order valence-electron chi connectivity index (χ0n) is 21.3. The van der Waals surface area contributed by atoms with E-state index in [0.717, 1.165) is 16.7 Å². The maximum absolute atomic E-state index is 12.8. The number of β-amino-alcohol motifs (C(OH)–C–C–N with tert-alkyl or cyclic N) is 1. The third-order valence-electron chi connectivity index (χ3n) is 6.30. The van der Waals surface area contributed by atoms with Crippen LogP contribution < -0.4 is 11.1 Å². The minimum absolute atomic E-state index is 0.0531. The zero-order valence-corrected chi connectivity index (χ0v) is 21.3. The molecule has 2 amide bonds. The molecule has 0 radical (unpaired) electrons. The number of carbonyl (C=O) groups is 2. The van der Waals surface area contributed by atoms with Crippen molar-refractivity contribution in [2.45, 2.75) is 50.9 Å². The third kappa shape index (κ3) is 5.67. The molecule has 194 valence electrons. The third-order valence-corrected chi connectivity index (χ3v) is 6.30. The molecule has 4 rings (SSSR count). The smallest absolute Gasteiger partial charge is 0.419 e. The summed E-state index contributed by atoms with van der Waals surface area (Å²) in [5, 5.41) is 23.1. The summed E-state index contributed by atoms with van der Waals surface area (Å²) in [7, 11) is 1.65. The highest BCUT2D eigenvalue weighted by atomic mass is 16.6. The number of carbonyl (C=O) groups excluding carboxylic acids is 2. The first kappa shape index (κ1) is 26.0. The van der Waals surface area contributed by atoms with Crippen molar-refractivity contribution >= 4 is 23.1 Å². The van der Waals surface area contributed by atoms with E-state index in [2.05, 4.69) is 11.4 Å². The Morgan fingerprint density at radius 3 is 2.54 bits per heavy atom. The van der Waals surface area contributed by atoms with Crippen molar-refractivity contribution in [2.75, 3.05) is 13.1 Å². The van der Waals surface area contributed by atoms with E-state index in [4.69, 9.17) is 9.15 Å². The van der Waals surface area contributed by atoms with E-state index in [1.54, 1.807) is 33.9 Å². The van der Waals surface area contributed by atoms with Gasteiger partial charge in [0.25, 0.3) is 5.91 Å². The minimum atomic E-state index is -1.79. The number of ether oxygens (including phenoxy) is 1. The van der Waals surface area contributed by atoms with Crippen LogP contribution in [-0.2, 0) is 23.0 Å². The van der Waals surface area contributed by atoms with Crippen molar-refractivity contribution < 1.29 is 23.8 Å². The molecule has 1 aromatic heterocycles. The molecule has 2 aromatic carbocycles. The van der Waals surface area contributed by atoms with Gasteiger partial charge in [-0.2, -0.15) is 5.26 Å². The summed E-state index contributed by atoms with van der Waals surface area (Å²) in [5.74, 6) is -1.12. The topological polar surface area (TPSA) is 138 Å². The van der Waals surface area contributed by atoms with Gasteiger partial charge < -0.3 is 24.5 Å². The maximum Gasteiger partial charge on any atom is 0.419 e. The molecule has 10 nitrogen and oxygen atoms in total. The molecule has 0 bridgehead atoms. The largest absolute Gasteiger partial charge is 0.444 e. The van der Waals surface area contributed by atoms with Gasteiger partial charge in [-0.05, 0) is 49.6 Å². The summed E-state index contributed by atoms with van der Waals surface area (Å²) < 4.78 is 11.9. The van der Waals surface area contributed by atoms with Crippen molar-refractivity contribution in [1.82, 2.24) is 14.8 Å². The van der Waals surface area contributed by atoms with Crippen molar-refractivity contribution in [3.63, 3.8) is 0 Å². The fourth-order valence-corrected chi connectivity index (χ4v) is 4.26. The lowest BCUT2D eigenvalue weighted by Crippen LogP contribution is -2.52. The first-order valence-corrected chi connectivity index (χ1v) is 12.0. The van der Waals surface area contributed by atoms with Crippen LogP contribution in [0.3, 0.4) is 0 Å². The fourth-order valence-electron chi connectivity index (χ4n) is 4.26. The Bertz CT molecular complexity index is 1430. The molecule has 3 aromatic rings. The molecule has 1 aliphatic rings. The Morgan fingerprint density at radius 2 is 1.89 bits per heavy atom. The quantitative estimate of drug-likeness (QED) is 0.543. The molecule has 2 heterocycles. The Balaban J connectivity index is 1.39. The highest BCUT2D eigenvalue weighted by Gasteiger charge is 2.46. The number of aliphatic hydroxyl groups is 1. The lowest BCUT2D eigenvalue weighted by Gasteiger charge is -2.26. The molecule has 1 unspecified atom stereocenters. The van der Waals surface area contributed by atoms with Crippen LogP contribution in [0, 0.1) is 11.3 Å². The summed E-state index contributed by atoms with van der Waals surface area (Å²) >= 11 is 0. The monoisotopic (exact) mass is 506 g/mol. The van der Waals surface area contributed by atoms with Crippen LogP contribution in [-0.4, -0.2) is 56.9 Å². The summed E-state index contributed by atoms with van der Waals surface area (Å²) in [5.41, 5.74) is 1.36. The van der Waals surface area contributed by atoms with Gasteiger partial charge >= 0.3 is 11.8 Å². The lowest BCUT2D eigenvalue weighted by atomic mass is 9.99. The molecule has 1 saturated heterocycles. The van der Waals surface area contributed by atoms with Crippen LogP contribution in [0.2, 0.25) is 0 Å². The predicted molar refractivity (Wildman–Crippen MR) is 136 cm³/mol. The number of fused-ring (bicyclic) bond motifs is 1. The predicted octanol–water partition coefficient (Wildman–Crippen LogP) is 2.72. The first-order valence-electron chi connectivity index (χ1n) is 12.0. The van der Waals surface area contributed by atoms with Gasteiger partial charge in [0.1, 0.15) is 11.6 Å². The number of oxazole rings is 1. The molecule has 37 heavy (non-hydrogen) atoms. The Kier molecular flexibility index (Phi) is 6.84. The minimum Gasteiger partial charge on any atom is -0.444 e. The SMILES string of the molecule is Cn1c(=O)oc2ccc(-c3ccc(C[C@@H](C#N)NC(=O)C4(O)CCN(C(=O)OC(C)(C)C)C4)cc3)cc21. The molecule has 0 saturated carbocycles. The number of aromatic nitrogens is 1. The van der Waals surface area contributed by atoms with Gasteiger partial charge in [-0.1, -0.05) is 30.3 Å². The Labute approximate surface area is 214 Å². The van der Waals surface area contributed by atoms with Crippen molar-refractivity contribution in [3.05, 3.63) is 58.6 Å². The second-order valence-electron chi connectivity index (χ2n) is 10.3. The molecular weight excluding hydrogens is 476 g/mol. The molecule has 10 heteroatoms. The number of nitrogens with one attached hydrogen (secondary N) is 1. The zero-order chi connectivity index (χ0) is 27.0. The highest BCUT2D eigenvalue weighted by Crippen LogP contribution is 2.26. The number of aryl methyl sites for hydroxylation is 1. The van der Waals surface area contributed by atoms with E-state index in [9.17, 15) is 24.8 Å². The number of likely N-dealkylation sites (tertiary alicyclic amines) is 1. The van der Waals surface area contributed by atoms with Crippen LogP contribution in [0.1, 0.15) is 32.8 Å². The molecule has 1 fully saturated rings. The van der Waals surface area contributed by atoms with E-state index in [0.29, 0.717) is 11.1 Å². The van der Waals surface area contributed by atoms with Gasteiger partial charge in [-0.25, -0.2) is 9.59 Å². The molecule has 2 atom stereocenters. The molecule has 2 N–H and O–H groups in total. The van der Waals surface area contributed by atoms with Crippen LogP contribution in [0.5, 0.6) is 0 Å². The number of nitriles is 1. The number of nitrogens with zero attached hydrogens (tertiary/aromatic N) is 3. The van der Waals surface area contributed by atoms with Crippen LogP contribution in [0.4, 0.5) is 4.79 Å². The molecule has 0 aliphatic carbocycles. The average Bonchev–Trinajstić information content (AvgIpc) is 3.38. The van der Waals surface area contributed by atoms with E-state index < -0.39 is 35.0 Å². The van der Waals surface area contributed by atoms with Gasteiger partial charge in [0.05, 0.1) is 18.1 Å². The summed E-state index contributed by atoms with van der Waals surface area (Å²) in [6.07, 6.45) is -0.302. The number of amides is 2. The first-order chi connectivity index (χ1) is 17.4. The summed E-state index contributed by atoms with van der Waals surface area (Å²) in [6.45, 7) is 5.20. The Morgan fingerprint density at radius 1 is 1.22 bits per heavy atom. The van der Waals surface area contributed by atoms with Gasteiger partial charge in [-0.15, -0.1) is 0 Å². The molecular formula is C27H30N4O6. The Hall–Kier alpha value is -4.10. The van der Waals surface area contributed by atoms with Crippen LogP contribution in [0.25, 0.3) is 22.2 Å². The van der Waals surface area contributed by atoms with Gasteiger partial charge in [0.2, 0.25) is 0 Å². The fraction of sp³-hybridized carbons (Fsp3) is 0.407. The summed E-state index contributed by atoms with van der Waals surface area (Å²) in [6, 6.07) is 14.2. The number of benzene rings is 2.